The fourth-order valence-electron chi connectivity index (χ4n) is 3.62. The molecule has 1 fully saturated rings. The summed E-state index contributed by atoms with van der Waals surface area (Å²) >= 11 is 0. The van der Waals surface area contributed by atoms with Crippen LogP contribution in [-0.2, 0) is 4.79 Å². The van der Waals surface area contributed by atoms with Crippen LogP contribution < -0.4 is 10.2 Å². The van der Waals surface area contributed by atoms with Gasteiger partial charge in [-0.3, -0.25) is 4.79 Å². The maximum absolute atomic E-state index is 12.3. The summed E-state index contributed by atoms with van der Waals surface area (Å²) < 4.78 is 0. The lowest BCUT2D eigenvalue weighted by atomic mass is 9.94. The van der Waals surface area contributed by atoms with Crippen LogP contribution in [0.3, 0.4) is 0 Å². The van der Waals surface area contributed by atoms with Gasteiger partial charge in [0.1, 0.15) is 0 Å². The van der Waals surface area contributed by atoms with Crippen LogP contribution in [0.2, 0.25) is 0 Å². The smallest absolute Gasteiger partial charge is 0.337 e. The molecule has 1 aliphatic rings. The van der Waals surface area contributed by atoms with Gasteiger partial charge in [-0.2, -0.15) is 0 Å². The topological polar surface area (TPSA) is 69.6 Å². The molecule has 28 heavy (non-hydrogen) atoms. The van der Waals surface area contributed by atoms with E-state index in [0.717, 1.165) is 25.2 Å². The van der Waals surface area contributed by atoms with Crippen molar-refractivity contribution in [3.05, 3.63) is 59.2 Å². The van der Waals surface area contributed by atoms with Crippen LogP contribution in [0.1, 0.15) is 54.6 Å². The van der Waals surface area contributed by atoms with Crippen molar-refractivity contribution in [2.24, 2.45) is 5.41 Å². The van der Waals surface area contributed by atoms with E-state index in [4.69, 9.17) is 0 Å². The first-order valence-corrected chi connectivity index (χ1v) is 9.66. The predicted molar refractivity (Wildman–Crippen MR) is 112 cm³/mol. The highest BCUT2D eigenvalue weighted by molar-refractivity contribution is 6.02. The maximum Gasteiger partial charge on any atom is 0.337 e. The van der Waals surface area contributed by atoms with E-state index in [9.17, 15) is 14.7 Å². The molecular weight excluding hydrogens is 352 g/mol. The van der Waals surface area contributed by atoms with Crippen LogP contribution in [0.5, 0.6) is 0 Å². The number of nitrogens with one attached hydrogen (secondary N) is 1. The number of amides is 1. The Morgan fingerprint density at radius 1 is 1.14 bits per heavy atom. The third kappa shape index (κ3) is 4.19. The van der Waals surface area contributed by atoms with Gasteiger partial charge in [0.05, 0.1) is 11.3 Å². The monoisotopic (exact) mass is 380 g/mol. The lowest BCUT2D eigenvalue weighted by molar-refractivity contribution is -0.123. The number of rotatable bonds is 4. The van der Waals surface area contributed by atoms with Crippen molar-refractivity contribution in [3.8, 4) is 0 Å². The highest BCUT2D eigenvalue weighted by atomic mass is 16.4. The van der Waals surface area contributed by atoms with Crippen LogP contribution in [0.25, 0.3) is 0 Å². The minimum atomic E-state index is -1.04. The molecule has 0 bridgehead atoms. The molecule has 1 saturated heterocycles. The standard InChI is InChI=1S/C23H28N2O3/c1-15-7-5-6-8-18(15)16-11-12-25(14-16)17-9-10-20(19(13-17)21(26)27)24-22(28)23(2,3)4/h5-10,13,16H,11-12,14H2,1-4H3,(H,24,28)(H,26,27). The average Bonchev–Trinajstić information content (AvgIpc) is 3.11. The van der Waals surface area contributed by atoms with Crippen LogP contribution >= 0.6 is 0 Å². The van der Waals surface area contributed by atoms with E-state index in [2.05, 4.69) is 41.4 Å². The molecule has 5 heteroatoms. The Morgan fingerprint density at radius 3 is 2.50 bits per heavy atom. The van der Waals surface area contributed by atoms with Gasteiger partial charge in [0, 0.05) is 30.1 Å². The van der Waals surface area contributed by atoms with Crippen molar-refractivity contribution in [1.82, 2.24) is 0 Å². The van der Waals surface area contributed by atoms with E-state index in [0.29, 0.717) is 11.6 Å². The fourth-order valence-corrected chi connectivity index (χ4v) is 3.62. The normalized spacial score (nSPS) is 16.9. The third-order valence-corrected chi connectivity index (χ3v) is 5.34. The molecule has 0 saturated carbocycles. The molecule has 2 aromatic carbocycles. The molecule has 5 nitrogen and oxygen atoms in total. The molecule has 1 heterocycles. The van der Waals surface area contributed by atoms with E-state index < -0.39 is 11.4 Å². The fraction of sp³-hybridized carbons (Fsp3) is 0.391. The van der Waals surface area contributed by atoms with Crippen molar-refractivity contribution in [2.75, 3.05) is 23.3 Å². The molecule has 0 aromatic heterocycles. The first kappa shape index (κ1) is 19.9. The Morgan fingerprint density at radius 2 is 1.86 bits per heavy atom. The number of carboxylic acids is 1. The third-order valence-electron chi connectivity index (χ3n) is 5.34. The second-order valence-corrected chi connectivity index (χ2v) is 8.53. The number of carboxylic acid groups (broad SMARTS) is 1. The van der Waals surface area contributed by atoms with Crippen LogP contribution in [0.15, 0.2) is 42.5 Å². The second-order valence-electron chi connectivity index (χ2n) is 8.53. The number of nitrogens with zero attached hydrogens (tertiary/aromatic N) is 1. The van der Waals surface area contributed by atoms with Gasteiger partial charge in [0.15, 0.2) is 0 Å². The SMILES string of the molecule is Cc1ccccc1C1CCN(c2ccc(NC(=O)C(C)(C)C)c(C(=O)O)c2)C1. The molecule has 1 atom stereocenters. The van der Waals surface area contributed by atoms with Gasteiger partial charge in [-0.05, 0) is 42.7 Å². The maximum atomic E-state index is 12.3. The Kier molecular flexibility index (Phi) is 5.45. The molecule has 2 aromatic rings. The molecule has 2 N–H and O–H groups in total. The first-order chi connectivity index (χ1) is 13.2. The summed E-state index contributed by atoms with van der Waals surface area (Å²) in [4.78, 5) is 26.3. The van der Waals surface area contributed by atoms with Gasteiger partial charge in [0.25, 0.3) is 0 Å². The number of hydrogen-bond donors (Lipinski definition) is 2. The number of carbonyl (C=O) groups is 2. The van der Waals surface area contributed by atoms with Gasteiger partial charge in [-0.15, -0.1) is 0 Å². The van der Waals surface area contributed by atoms with E-state index in [1.165, 1.54) is 11.1 Å². The molecule has 0 spiro atoms. The summed E-state index contributed by atoms with van der Waals surface area (Å²) in [5, 5.41) is 12.4. The summed E-state index contributed by atoms with van der Waals surface area (Å²) in [5.41, 5.74) is 3.39. The van der Waals surface area contributed by atoms with E-state index in [-0.39, 0.29) is 11.5 Å². The van der Waals surface area contributed by atoms with Crippen LogP contribution in [0, 0.1) is 12.3 Å². The molecule has 0 radical (unpaired) electrons. The summed E-state index contributed by atoms with van der Waals surface area (Å²) in [5.74, 6) is -0.806. The van der Waals surface area contributed by atoms with Crippen LogP contribution in [0.4, 0.5) is 11.4 Å². The number of benzene rings is 2. The first-order valence-electron chi connectivity index (χ1n) is 9.66. The Hall–Kier alpha value is -2.82. The zero-order valence-corrected chi connectivity index (χ0v) is 17.0. The predicted octanol–water partition coefficient (Wildman–Crippen LogP) is 4.67. The van der Waals surface area contributed by atoms with E-state index >= 15 is 0 Å². The van der Waals surface area contributed by atoms with Gasteiger partial charge >= 0.3 is 5.97 Å². The zero-order valence-electron chi connectivity index (χ0n) is 17.0. The highest BCUT2D eigenvalue weighted by Gasteiger charge is 2.27. The van der Waals surface area contributed by atoms with Gasteiger partial charge < -0.3 is 15.3 Å². The summed E-state index contributed by atoms with van der Waals surface area (Å²) in [6, 6.07) is 13.7. The molecule has 1 aliphatic heterocycles. The average molecular weight is 380 g/mol. The van der Waals surface area contributed by atoms with Crippen molar-refractivity contribution in [2.45, 2.75) is 40.0 Å². The zero-order chi connectivity index (χ0) is 20.5. The molecule has 0 aliphatic carbocycles. The quantitative estimate of drug-likeness (QED) is 0.809. The molecule has 148 valence electrons. The number of aryl methyl sites for hydroxylation is 1. The summed E-state index contributed by atoms with van der Waals surface area (Å²) in [6.07, 6.45) is 1.04. The minimum Gasteiger partial charge on any atom is -0.478 e. The number of aromatic carboxylic acids is 1. The Labute approximate surface area is 166 Å². The van der Waals surface area contributed by atoms with Crippen molar-refractivity contribution in [1.29, 1.82) is 0 Å². The minimum absolute atomic E-state index is 0.120. The number of hydrogen-bond acceptors (Lipinski definition) is 3. The largest absolute Gasteiger partial charge is 0.478 e. The van der Waals surface area contributed by atoms with E-state index in [1.807, 2.05) is 6.07 Å². The van der Waals surface area contributed by atoms with Crippen molar-refractivity contribution >= 4 is 23.3 Å². The van der Waals surface area contributed by atoms with E-state index in [1.54, 1.807) is 32.9 Å². The molecule has 1 unspecified atom stereocenters. The Bertz CT molecular complexity index is 899. The summed E-state index contributed by atoms with van der Waals surface area (Å²) in [6.45, 7) is 9.27. The lowest BCUT2D eigenvalue weighted by Crippen LogP contribution is -2.28. The number of anilines is 2. The summed E-state index contributed by atoms with van der Waals surface area (Å²) in [7, 11) is 0. The molecular formula is C23H28N2O3. The molecule has 3 rings (SSSR count). The van der Waals surface area contributed by atoms with Crippen molar-refractivity contribution < 1.29 is 14.7 Å². The highest BCUT2D eigenvalue weighted by Crippen LogP contribution is 2.34. The van der Waals surface area contributed by atoms with Gasteiger partial charge in [0.2, 0.25) is 5.91 Å². The van der Waals surface area contributed by atoms with Crippen LogP contribution in [-0.4, -0.2) is 30.1 Å². The van der Waals surface area contributed by atoms with Gasteiger partial charge in [-0.1, -0.05) is 45.0 Å². The second kappa shape index (κ2) is 7.66. The molecule has 1 amide bonds. The Balaban J connectivity index is 1.82. The number of carbonyl (C=O) groups excluding carboxylic acids is 1. The van der Waals surface area contributed by atoms with Crippen molar-refractivity contribution in [3.63, 3.8) is 0 Å². The lowest BCUT2D eigenvalue weighted by Gasteiger charge is -2.22. The van der Waals surface area contributed by atoms with Gasteiger partial charge in [-0.25, -0.2) is 4.79 Å².